The summed E-state index contributed by atoms with van der Waals surface area (Å²) in [4.78, 5) is 53.5. The summed E-state index contributed by atoms with van der Waals surface area (Å²) < 4.78 is 0. The molecule has 3 heterocycles. The maximum Gasteiger partial charge on any atom is 0.276 e. The summed E-state index contributed by atoms with van der Waals surface area (Å²) in [5.41, 5.74) is 1.42. The number of unbranched alkanes of at least 4 members (excludes halogenated alkanes) is 2. The Balaban J connectivity index is 1.59. The molecule has 0 N–H and O–H groups in total. The summed E-state index contributed by atoms with van der Waals surface area (Å²) in [5, 5.41) is 6.75. The number of rotatable bonds is 6. The number of hydrogen-bond donors (Lipinski definition) is 0. The number of benzene rings is 2. The van der Waals surface area contributed by atoms with Gasteiger partial charge in [0.15, 0.2) is 0 Å². The summed E-state index contributed by atoms with van der Waals surface area (Å²) in [6, 6.07) is 6.49. The van der Waals surface area contributed by atoms with E-state index in [0.717, 1.165) is 38.5 Å². The van der Waals surface area contributed by atoms with E-state index in [0.29, 0.717) is 52.7 Å². The lowest BCUT2D eigenvalue weighted by atomic mass is 9.86. The van der Waals surface area contributed by atoms with E-state index in [1.54, 1.807) is 36.3 Å². The van der Waals surface area contributed by atoms with E-state index >= 15 is 0 Å². The summed E-state index contributed by atoms with van der Waals surface area (Å²) in [6.45, 7) is 3.99. The first-order valence-electron chi connectivity index (χ1n) is 11.8. The molecular weight excluding hydrogens is 420 g/mol. The minimum Gasteiger partial charge on any atom is -0.267 e. The van der Waals surface area contributed by atoms with Gasteiger partial charge in [0.1, 0.15) is 0 Å². The third-order valence-electron chi connectivity index (χ3n) is 6.89. The van der Waals surface area contributed by atoms with E-state index in [1.807, 2.05) is 5.01 Å². The Kier molecular flexibility index (Phi) is 5.50. The highest BCUT2D eigenvalue weighted by Crippen LogP contribution is 2.38. The van der Waals surface area contributed by atoms with Crippen molar-refractivity contribution in [2.24, 2.45) is 0 Å². The Bertz CT molecular complexity index is 1110. The van der Waals surface area contributed by atoms with Crippen LogP contribution in [0.3, 0.4) is 0 Å². The fourth-order valence-corrected chi connectivity index (χ4v) is 5.18. The van der Waals surface area contributed by atoms with Crippen LogP contribution in [0.4, 0.5) is 0 Å². The first kappa shape index (κ1) is 21.7. The Hall–Kier alpha value is -3.10. The lowest BCUT2D eigenvalue weighted by Gasteiger charge is -2.39. The van der Waals surface area contributed by atoms with E-state index in [2.05, 4.69) is 6.92 Å². The molecule has 0 aromatic heterocycles. The Morgan fingerprint density at radius 2 is 1.21 bits per heavy atom. The molecule has 5 rings (SSSR count). The first-order valence-corrected chi connectivity index (χ1v) is 11.8. The van der Waals surface area contributed by atoms with E-state index in [-0.39, 0.29) is 0 Å². The lowest BCUT2D eigenvalue weighted by molar-refractivity contribution is -0.0116. The lowest BCUT2D eigenvalue weighted by Crippen LogP contribution is -2.54. The van der Waals surface area contributed by atoms with E-state index < -0.39 is 23.6 Å². The number of carbonyl (C=O) groups is 4. The summed E-state index contributed by atoms with van der Waals surface area (Å²) >= 11 is 0. The van der Waals surface area contributed by atoms with Crippen LogP contribution < -0.4 is 0 Å². The highest BCUT2D eigenvalue weighted by Gasteiger charge is 2.42. The highest BCUT2D eigenvalue weighted by molar-refractivity contribution is 6.33. The van der Waals surface area contributed by atoms with Crippen molar-refractivity contribution < 1.29 is 19.2 Å². The van der Waals surface area contributed by atoms with Crippen LogP contribution in [-0.4, -0.2) is 70.3 Å². The second-order valence-corrected chi connectivity index (χ2v) is 9.02. The van der Waals surface area contributed by atoms with Gasteiger partial charge in [0.2, 0.25) is 0 Å². The third-order valence-corrected chi connectivity index (χ3v) is 6.89. The zero-order valence-corrected chi connectivity index (χ0v) is 19.1. The minimum absolute atomic E-state index is 0.347. The van der Waals surface area contributed by atoms with Gasteiger partial charge in [-0.05, 0) is 43.5 Å². The number of imide groups is 2. The van der Waals surface area contributed by atoms with Gasteiger partial charge >= 0.3 is 0 Å². The largest absolute Gasteiger partial charge is 0.276 e. The molecule has 0 unspecified atom stereocenters. The third kappa shape index (κ3) is 3.28. The monoisotopic (exact) mass is 448 g/mol. The van der Waals surface area contributed by atoms with Crippen molar-refractivity contribution >= 4 is 34.4 Å². The van der Waals surface area contributed by atoms with Crippen LogP contribution in [-0.2, 0) is 0 Å². The molecule has 4 amide bonds. The van der Waals surface area contributed by atoms with Crippen LogP contribution in [0.1, 0.15) is 86.9 Å². The summed E-state index contributed by atoms with van der Waals surface area (Å²) in [6.07, 6.45) is 5.87. The molecule has 0 aliphatic carbocycles. The second-order valence-electron chi connectivity index (χ2n) is 9.02. The van der Waals surface area contributed by atoms with Gasteiger partial charge in [-0.25, -0.2) is 20.0 Å². The average Bonchev–Trinajstić information content (AvgIpc) is 2.82. The van der Waals surface area contributed by atoms with Crippen LogP contribution in [0.2, 0.25) is 0 Å². The predicted octanol–water partition coefficient (Wildman–Crippen LogP) is 3.47. The van der Waals surface area contributed by atoms with Crippen molar-refractivity contribution in [2.45, 2.75) is 45.4 Å². The normalized spacial score (nSPS) is 18.8. The molecule has 2 aromatic carbocycles. The SMILES string of the molecule is CCCCCN(C)N1C(=O)c2ccc3c4c(ccc(c24)C1=O)C(=O)N(N1CCCCC1)C3=O. The zero-order chi connectivity index (χ0) is 23.3. The summed E-state index contributed by atoms with van der Waals surface area (Å²) in [7, 11) is 1.74. The highest BCUT2D eigenvalue weighted by atomic mass is 16.2. The number of hydrazine groups is 2. The predicted molar refractivity (Wildman–Crippen MR) is 123 cm³/mol. The molecule has 33 heavy (non-hydrogen) atoms. The van der Waals surface area contributed by atoms with Gasteiger partial charge in [-0.1, -0.05) is 26.2 Å². The first-order chi connectivity index (χ1) is 16.0. The van der Waals surface area contributed by atoms with Gasteiger partial charge < -0.3 is 0 Å². The van der Waals surface area contributed by atoms with Crippen molar-refractivity contribution in [3.05, 3.63) is 46.5 Å². The molecule has 0 radical (unpaired) electrons. The molecule has 3 aliphatic rings. The van der Waals surface area contributed by atoms with Crippen LogP contribution >= 0.6 is 0 Å². The smallest absolute Gasteiger partial charge is 0.267 e. The van der Waals surface area contributed by atoms with Crippen molar-refractivity contribution in [1.29, 1.82) is 0 Å². The average molecular weight is 449 g/mol. The van der Waals surface area contributed by atoms with Crippen molar-refractivity contribution in [3.63, 3.8) is 0 Å². The van der Waals surface area contributed by atoms with Crippen LogP contribution in [0.5, 0.6) is 0 Å². The fraction of sp³-hybridized carbons (Fsp3) is 0.440. The van der Waals surface area contributed by atoms with Crippen LogP contribution in [0, 0.1) is 0 Å². The zero-order valence-electron chi connectivity index (χ0n) is 19.1. The van der Waals surface area contributed by atoms with Crippen molar-refractivity contribution in [3.8, 4) is 0 Å². The van der Waals surface area contributed by atoms with Gasteiger partial charge in [0.25, 0.3) is 23.6 Å². The molecule has 8 nitrogen and oxygen atoms in total. The van der Waals surface area contributed by atoms with Crippen LogP contribution in [0.25, 0.3) is 10.8 Å². The standard InChI is InChI=1S/C25H28N4O4/c1-3-4-6-13-26(2)28-22(30)16-9-11-18-21-19(12-10-17(20(16)21)23(28)31)25(33)29(24(18)32)27-14-7-5-8-15-27/h9-12H,3-8,13-15H2,1-2H3. The maximum atomic E-state index is 13.4. The maximum absolute atomic E-state index is 13.4. The molecule has 0 bridgehead atoms. The molecule has 0 atom stereocenters. The summed E-state index contributed by atoms with van der Waals surface area (Å²) in [5.74, 6) is -1.63. The van der Waals surface area contributed by atoms with Gasteiger partial charge in [0.05, 0.1) is 22.3 Å². The molecule has 8 heteroatoms. The van der Waals surface area contributed by atoms with Crippen molar-refractivity contribution in [2.75, 3.05) is 26.7 Å². The molecule has 0 spiro atoms. The number of nitrogens with zero attached hydrogens (tertiary/aromatic N) is 4. The number of hydrogen-bond acceptors (Lipinski definition) is 6. The quantitative estimate of drug-likeness (QED) is 0.497. The number of carbonyl (C=O) groups excluding carboxylic acids is 4. The minimum atomic E-state index is -0.423. The molecule has 0 saturated carbocycles. The van der Waals surface area contributed by atoms with E-state index in [1.165, 1.54) is 10.0 Å². The Morgan fingerprint density at radius 3 is 1.70 bits per heavy atom. The molecule has 1 fully saturated rings. The topological polar surface area (TPSA) is 81.2 Å². The Morgan fingerprint density at radius 1 is 0.727 bits per heavy atom. The van der Waals surface area contributed by atoms with Crippen LogP contribution in [0.15, 0.2) is 24.3 Å². The second kappa shape index (κ2) is 8.35. The van der Waals surface area contributed by atoms with Gasteiger partial charge in [-0.15, -0.1) is 0 Å². The molecule has 3 aliphatic heterocycles. The van der Waals surface area contributed by atoms with Gasteiger partial charge in [-0.3, -0.25) is 19.2 Å². The molecule has 1 saturated heterocycles. The molecule has 2 aromatic rings. The molecule has 172 valence electrons. The van der Waals surface area contributed by atoms with Gasteiger partial charge in [0, 0.05) is 37.5 Å². The Labute approximate surface area is 192 Å². The van der Waals surface area contributed by atoms with Crippen molar-refractivity contribution in [1.82, 2.24) is 20.0 Å². The number of amides is 4. The van der Waals surface area contributed by atoms with E-state index in [9.17, 15) is 19.2 Å². The van der Waals surface area contributed by atoms with E-state index in [4.69, 9.17) is 0 Å². The number of piperidine rings is 1. The molecular formula is C25H28N4O4. The van der Waals surface area contributed by atoms with Gasteiger partial charge in [-0.2, -0.15) is 0 Å². The fourth-order valence-electron chi connectivity index (χ4n) is 5.18.